The molecule has 1 aromatic carbocycles. The number of fused-ring (bicyclic) bond motifs is 2. The van der Waals surface area contributed by atoms with Crippen LogP contribution in [0.2, 0.25) is 0 Å². The zero-order valence-electron chi connectivity index (χ0n) is 12.4. The number of anilines is 1. The third-order valence-electron chi connectivity index (χ3n) is 4.56. The molecule has 3 rings (SSSR count). The van der Waals surface area contributed by atoms with Gasteiger partial charge < -0.3 is 4.90 Å². The minimum Gasteiger partial charge on any atom is -0.363 e. The lowest BCUT2D eigenvalue weighted by molar-refractivity contribution is 0.302. The quantitative estimate of drug-likeness (QED) is 0.639. The molecule has 1 aliphatic heterocycles. The first kappa shape index (κ1) is 12.8. The van der Waals surface area contributed by atoms with E-state index in [4.69, 9.17) is 0 Å². The van der Waals surface area contributed by atoms with Crippen LogP contribution in [0, 0.1) is 5.92 Å². The molecule has 0 radical (unpaired) electrons. The Morgan fingerprint density at radius 2 is 1.79 bits per heavy atom. The van der Waals surface area contributed by atoms with Gasteiger partial charge in [-0.3, -0.25) is 0 Å². The Labute approximate surface area is 117 Å². The molecule has 2 atom stereocenters. The van der Waals surface area contributed by atoms with Crippen LogP contribution in [0.1, 0.15) is 52.0 Å². The molecule has 1 saturated carbocycles. The van der Waals surface area contributed by atoms with E-state index in [1.165, 1.54) is 36.9 Å². The SMILES string of the molecule is CC(C)(C)N1c2ccccc2C=CC2CCCCC21. The second-order valence-corrected chi connectivity index (χ2v) is 6.97. The molecule has 1 fully saturated rings. The third-order valence-corrected chi connectivity index (χ3v) is 4.56. The molecule has 1 nitrogen and oxygen atoms in total. The summed E-state index contributed by atoms with van der Waals surface area (Å²) in [5.41, 5.74) is 2.98. The normalized spacial score (nSPS) is 26.6. The van der Waals surface area contributed by atoms with Gasteiger partial charge in [-0.15, -0.1) is 0 Å². The number of hydrogen-bond acceptors (Lipinski definition) is 1. The zero-order chi connectivity index (χ0) is 13.5. The summed E-state index contributed by atoms with van der Waals surface area (Å²) in [5, 5.41) is 0. The first-order chi connectivity index (χ1) is 9.07. The van der Waals surface area contributed by atoms with Gasteiger partial charge in [0.15, 0.2) is 0 Å². The molecule has 1 heteroatoms. The maximum Gasteiger partial charge on any atom is 0.0446 e. The van der Waals surface area contributed by atoms with Crippen molar-refractivity contribution < 1.29 is 0 Å². The Balaban J connectivity index is 2.11. The van der Waals surface area contributed by atoms with Crippen molar-refractivity contribution in [3.8, 4) is 0 Å². The van der Waals surface area contributed by atoms with Crippen molar-refractivity contribution in [2.75, 3.05) is 4.90 Å². The van der Waals surface area contributed by atoms with Crippen molar-refractivity contribution in [1.29, 1.82) is 0 Å². The van der Waals surface area contributed by atoms with Crippen LogP contribution in [0.5, 0.6) is 0 Å². The molecule has 102 valence electrons. The maximum absolute atomic E-state index is 2.69. The summed E-state index contributed by atoms with van der Waals surface area (Å²) in [5.74, 6) is 0.723. The van der Waals surface area contributed by atoms with Gasteiger partial charge in [0.25, 0.3) is 0 Å². The van der Waals surface area contributed by atoms with Crippen LogP contribution >= 0.6 is 0 Å². The highest BCUT2D eigenvalue weighted by molar-refractivity contribution is 5.70. The number of para-hydroxylation sites is 1. The highest BCUT2D eigenvalue weighted by Crippen LogP contribution is 2.41. The van der Waals surface area contributed by atoms with Crippen LogP contribution in [0.15, 0.2) is 30.3 Å². The molecule has 1 aromatic rings. The standard InChI is InChI=1S/C18H25N/c1-18(2,3)19-16-10-6-4-8-14(16)12-13-15-9-5-7-11-17(15)19/h4,6,8,10,12-13,15,17H,5,7,9,11H2,1-3H3. The fraction of sp³-hybridized carbons (Fsp3) is 0.556. The second kappa shape index (κ2) is 4.70. The van der Waals surface area contributed by atoms with Gasteiger partial charge in [-0.2, -0.15) is 0 Å². The molecule has 0 bridgehead atoms. The first-order valence-electron chi connectivity index (χ1n) is 7.64. The van der Waals surface area contributed by atoms with E-state index in [9.17, 15) is 0 Å². The monoisotopic (exact) mass is 255 g/mol. The van der Waals surface area contributed by atoms with E-state index in [0.29, 0.717) is 6.04 Å². The minimum atomic E-state index is 0.183. The number of hydrogen-bond donors (Lipinski definition) is 0. The van der Waals surface area contributed by atoms with Gasteiger partial charge in [-0.1, -0.05) is 43.2 Å². The molecule has 1 heterocycles. The largest absolute Gasteiger partial charge is 0.363 e. The van der Waals surface area contributed by atoms with Crippen LogP contribution in [-0.2, 0) is 0 Å². The summed E-state index contributed by atoms with van der Waals surface area (Å²) in [6.07, 6.45) is 10.3. The number of nitrogens with zero attached hydrogens (tertiary/aromatic N) is 1. The van der Waals surface area contributed by atoms with Gasteiger partial charge in [0.2, 0.25) is 0 Å². The van der Waals surface area contributed by atoms with Crippen molar-refractivity contribution in [1.82, 2.24) is 0 Å². The number of benzene rings is 1. The van der Waals surface area contributed by atoms with Crippen molar-refractivity contribution in [3.63, 3.8) is 0 Å². The van der Waals surface area contributed by atoms with E-state index < -0.39 is 0 Å². The summed E-state index contributed by atoms with van der Waals surface area (Å²) in [6.45, 7) is 7.04. The molecule has 0 aromatic heterocycles. The molecular weight excluding hydrogens is 230 g/mol. The fourth-order valence-corrected chi connectivity index (χ4v) is 3.80. The van der Waals surface area contributed by atoms with Gasteiger partial charge in [0.1, 0.15) is 0 Å². The van der Waals surface area contributed by atoms with Crippen LogP contribution < -0.4 is 4.90 Å². The van der Waals surface area contributed by atoms with Gasteiger partial charge in [0, 0.05) is 17.3 Å². The van der Waals surface area contributed by atoms with E-state index in [2.05, 4.69) is 62.1 Å². The molecule has 19 heavy (non-hydrogen) atoms. The molecule has 2 unspecified atom stereocenters. The molecule has 0 spiro atoms. The van der Waals surface area contributed by atoms with E-state index in [-0.39, 0.29) is 5.54 Å². The highest BCUT2D eigenvalue weighted by atomic mass is 15.2. The average Bonchev–Trinajstić information content (AvgIpc) is 2.54. The van der Waals surface area contributed by atoms with Crippen molar-refractivity contribution in [2.24, 2.45) is 5.92 Å². The molecule has 2 aliphatic rings. The minimum absolute atomic E-state index is 0.183. The Bertz CT molecular complexity index is 481. The summed E-state index contributed by atoms with van der Waals surface area (Å²) in [7, 11) is 0. The van der Waals surface area contributed by atoms with E-state index in [1.54, 1.807) is 0 Å². The van der Waals surface area contributed by atoms with E-state index >= 15 is 0 Å². The predicted molar refractivity (Wildman–Crippen MR) is 83.5 cm³/mol. The van der Waals surface area contributed by atoms with E-state index in [1.807, 2.05) is 0 Å². The zero-order valence-corrected chi connectivity index (χ0v) is 12.4. The Morgan fingerprint density at radius 3 is 2.58 bits per heavy atom. The smallest absolute Gasteiger partial charge is 0.0446 e. The van der Waals surface area contributed by atoms with Crippen molar-refractivity contribution >= 4 is 11.8 Å². The lowest BCUT2D eigenvalue weighted by atomic mass is 9.82. The molecular formula is C18H25N. The summed E-state index contributed by atoms with van der Waals surface area (Å²) in [4.78, 5) is 2.69. The predicted octanol–water partition coefficient (Wildman–Crippen LogP) is 4.88. The Hall–Kier alpha value is -1.24. The van der Waals surface area contributed by atoms with Gasteiger partial charge in [0.05, 0.1) is 0 Å². The van der Waals surface area contributed by atoms with Crippen LogP contribution in [0.25, 0.3) is 6.08 Å². The molecule has 1 aliphatic carbocycles. The lowest BCUT2D eigenvalue weighted by Crippen LogP contribution is -2.52. The lowest BCUT2D eigenvalue weighted by Gasteiger charge is -2.47. The maximum atomic E-state index is 2.69. The molecule has 0 amide bonds. The van der Waals surface area contributed by atoms with Crippen molar-refractivity contribution in [2.45, 2.75) is 58.0 Å². The fourth-order valence-electron chi connectivity index (χ4n) is 3.80. The topological polar surface area (TPSA) is 3.24 Å². The van der Waals surface area contributed by atoms with Gasteiger partial charge in [-0.05, 0) is 51.2 Å². The van der Waals surface area contributed by atoms with Crippen molar-refractivity contribution in [3.05, 3.63) is 35.9 Å². The second-order valence-electron chi connectivity index (χ2n) is 6.97. The van der Waals surface area contributed by atoms with Gasteiger partial charge >= 0.3 is 0 Å². The Morgan fingerprint density at radius 1 is 1.05 bits per heavy atom. The highest BCUT2D eigenvalue weighted by Gasteiger charge is 2.36. The third kappa shape index (κ3) is 2.31. The van der Waals surface area contributed by atoms with Gasteiger partial charge in [-0.25, -0.2) is 0 Å². The average molecular weight is 255 g/mol. The molecule has 0 N–H and O–H groups in total. The first-order valence-corrected chi connectivity index (χ1v) is 7.64. The van der Waals surface area contributed by atoms with Crippen LogP contribution in [0.4, 0.5) is 5.69 Å². The van der Waals surface area contributed by atoms with Crippen LogP contribution in [0.3, 0.4) is 0 Å². The van der Waals surface area contributed by atoms with E-state index in [0.717, 1.165) is 5.92 Å². The summed E-state index contributed by atoms with van der Waals surface area (Å²) < 4.78 is 0. The summed E-state index contributed by atoms with van der Waals surface area (Å²) >= 11 is 0. The molecule has 0 saturated heterocycles. The van der Waals surface area contributed by atoms with Crippen LogP contribution in [-0.4, -0.2) is 11.6 Å². The summed E-state index contributed by atoms with van der Waals surface area (Å²) in [6, 6.07) is 9.55. The Kier molecular flexibility index (Phi) is 3.16. The number of rotatable bonds is 0.